The molecule has 0 amide bonds. The van der Waals surface area contributed by atoms with E-state index in [-0.39, 0.29) is 18.7 Å². The van der Waals surface area contributed by atoms with Crippen molar-refractivity contribution in [3.63, 3.8) is 0 Å². The van der Waals surface area contributed by atoms with E-state index in [9.17, 15) is 9.18 Å². The average molecular weight is 263 g/mol. The van der Waals surface area contributed by atoms with E-state index in [0.717, 1.165) is 0 Å². The van der Waals surface area contributed by atoms with Gasteiger partial charge in [0.25, 0.3) is 0 Å². The Morgan fingerprint density at radius 2 is 2.16 bits per heavy atom. The first kappa shape index (κ1) is 13.2. The van der Waals surface area contributed by atoms with Gasteiger partial charge in [0, 0.05) is 19.9 Å². The third-order valence-electron chi connectivity index (χ3n) is 2.77. The van der Waals surface area contributed by atoms with Crippen molar-refractivity contribution in [1.29, 1.82) is 0 Å². The van der Waals surface area contributed by atoms with Crippen LogP contribution in [0.15, 0.2) is 24.3 Å². The van der Waals surface area contributed by atoms with Crippen LogP contribution < -0.4 is 0 Å². The number of rotatable bonds is 5. The molecule has 0 saturated heterocycles. The van der Waals surface area contributed by atoms with Gasteiger partial charge in [-0.1, -0.05) is 18.2 Å². The van der Waals surface area contributed by atoms with Crippen LogP contribution in [0.25, 0.3) is 0 Å². The lowest BCUT2D eigenvalue weighted by atomic mass is 10.1. The molecule has 2 rings (SSSR count). The zero-order valence-corrected chi connectivity index (χ0v) is 10.5. The molecule has 0 aliphatic heterocycles. The van der Waals surface area contributed by atoms with Crippen LogP contribution in [0.2, 0.25) is 0 Å². The predicted octanol–water partition coefficient (Wildman–Crippen LogP) is 1.56. The van der Waals surface area contributed by atoms with Crippen molar-refractivity contribution in [1.82, 2.24) is 14.8 Å². The second-order valence-corrected chi connectivity index (χ2v) is 4.23. The molecule has 0 aliphatic rings. The number of benzene rings is 1. The molecular formula is C13H14FN3O2. The first-order valence-electron chi connectivity index (χ1n) is 5.90. The van der Waals surface area contributed by atoms with Crippen molar-refractivity contribution in [2.45, 2.75) is 19.3 Å². The zero-order chi connectivity index (χ0) is 13.8. The summed E-state index contributed by atoms with van der Waals surface area (Å²) in [5.74, 6) is -0.0811. The Balaban J connectivity index is 2.13. The molecule has 0 fully saturated rings. The van der Waals surface area contributed by atoms with Crippen molar-refractivity contribution in [2.24, 2.45) is 7.05 Å². The highest BCUT2D eigenvalue weighted by atomic mass is 19.1. The Morgan fingerprint density at radius 3 is 2.84 bits per heavy atom. The monoisotopic (exact) mass is 263 g/mol. The number of aromatic nitrogens is 3. The highest BCUT2D eigenvalue weighted by molar-refractivity contribution is 5.66. The number of halogens is 1. The minimum atomic E-state index is -0.886. The van der Waals surface area contributed by atoms with Gasteiger partial charge in [0.05, 0.1) is 6.42 Å². The van der Waals surface area contributed by atoms with E-state index in [1.54, 1.807) is 29.9 Å². The second-order valence-electron chi connectivity index (χ2n) is 4.23. The van der Waals surface area contributed by atoms with Crippen LogP contribution in [0.5, 0.6) is 0 Å². The summed E-state index contributed by atoms with van der Waals surface area (Å²) < 4.78 is 15.1. The molecule has 0 atom stereocenters. The first-order chi connectivity index (χ1) is 9.06. The summed E-state index contributed by atoms with van der Waals surface area (Å²) in [5.41, 5.74) is 0.544. The van der Waals surface area contributed by atoms with Crippen LogP contribution in [0.4, 0.5) is 4.39 Å². The Labute approximate surface area is 109 Å². The van der Waals surface area contributed by atoms with E-state index in [4.69, 9.17) is 5.11 Å². The summed E-state index contributed by atoms with van der Waals surface area (Å²) in [6, 6.07) is 6.49. The molecule has 0 radical (unpaired) electrons. The molecule has 6 heteroatoms. The summed E-state index contributed by atoms with van der Waals surface area (Å²) >= 11 is 0. The van der Waals surface area contributed by atoms with Crippen molar-refractivity contribution in [3.8, 4) is 0 Å². The Bertz CT molecular complexity index is 595. The lowest BCUT2D eigenvalue weighted by Gasteiger charge is -2.01. The molecule has 0 aliphatic carbocycles. The van der Waals surface area contributed by atoms with Gasteiger partial charge in [-0.2, -0.15) is 5.10 Å². The van der Waals surface area contributed by atoms with Crippen LogP contribution in [-0.2, 0) is 24.7 Å². The molecule has 100 valence electrons. The normalized spacial score (nSPS) is 10.6. The van der Waals surface area contributed by atoms with Gasteiger partial charge in [0.1, 0.15) is 11.6 Å². The van der Waals surface area contributed by atoms with Crippen LogP contribution in [-0.4, -0.2) is 25.8 Å². The standard InChI is InChI=1S/C13H14FN3O2/c1-17-12(8-9-4-2-3-5-10(9)14)15-11(16-17)6-7-13(18)19/h2-5H,6-8H2,1H3,(H,18,19). The predicted molar refractivity (Wildman–Crippen MR) is 66.2 cm³/mol. The van der Waals surface area contributed by atoms with Crippen molar-refractivity contribution < 1.29 is 14.3 Å². The van der Waals surface area contributed by atoms with Crippen LogP contribution in [0.1, 0.15) is 23.6 Å². The molecule has 0 unspecified atom stereocenters. The highest BCUT2D eigenvalue weighted by Gasteiger charge is 2.11. The molecule has 1 N–H and O–H groups in total. The van der Waals surface area contributed by atoms with E-state index in [1.807, 2.05) is 0 Å². The Kier molecular flexibility index (Phi) is 3.89. The zero-order valence-electron chi connectivity index (χ0n) is 10.5. The van der Waals surface area contributed by atoms with Gasteiger partial charge >= 0.3 is 5.97 Å². The van der Waals surface area contributed by atoms with Crippen LogP contribution in [0.3, 0.4) is 0 Å². The number of carbonyl (C=O) groups is 1. The summed E-state index contributed by atoms with van der Waals surface area (Å²) in [5, 5.41) is 12.7. The average Bonchev–Trinajstić information content (AvgIpc) is 2.71. The van der Waals surface area contributed by atoms with E-state index in [0.29, 0.717) is 23.6 Å². The minimum absolute atomic E-state index is 0.0108. The largest absolute Gasteiger partial charge is 0.481 e. The number of carboxylic acid groups (broad SMARTS) is 1. The van der Waals surface area contributed by atoms with Crippen LogP contribution >= 0.6 is 0 Å². The maximum atomic E-state index is 13.5. The fraction of sp³-hybridized carbons (Fsp3) is 0.308. The van der Waals surface area contributed by atoms with Gasteiger partial charge in [-0.05, 0) is 11.6 Å². The van der Waals surface area contributed by atoms with E-state index < -0.39 is 5.97 Å². The quantitative estimate of drug-likeness (QED) is 0.889. The number of carboxylic acids is 1. The Hall–Kier alpha value is -2.24. The van der Waals surface area contributed by atoms with E-state index in [1.165, 1.54) is 6.07 Å². The number of hydrogen-bond acceptors (Lipinski definition) is 3. The van der Waals surface area contributed by atoms with Gasteiger partial charge in [-0.15, -0.1) is 0 Å². The molecule has 2 aromatic rings. The second kappa shape index (κ2) is 5.60. The van der Waals surface area contributed by atoms with Crippen molar-refractivity contribution >= 4 is 5.97 Å². The lowest BCUT2D eigenvalue weighted by molar-refractivity contribution is -0.137. The van der Waals surface area contributed by atoms with E-state index in [2.05, 4.69) is 10.1 Å². The summed E-state index contributed by atoms with van der Waals surface area (Å²) in [7, 11) is 1.72. The topological polar surface area (TPSA) is 68.0 Å². The summed E-state index contributed by atoms with van der Waals surface area (Å²) in [4.78, 5) is 14.7. The smallest absolute Gasteiger partial charge is 0.303 e. The molecule has 1 heterocycles. The molecular weight excluding hydrogens is 249 g/mol. The molecule has 0 bridgehead atoms. The van der Waals surface area contributed by atoms with E-state index >= 15 is 0 Å². The maximum Gasteiger partial charge on any atom is 0.303 e. The van der Waals surface area contributed by atoms with Crippen molar-refractivity contribution in [2.75, 3.05) is 0 Å². The maximum absolute atomic E-state index is 13.5. The molecule has 5 nitrogen and oxygen atoms in total. The highest BCUT2D eigenvalue weighted by Crippen LogP contribution is 2.12. The molecule has 0 saturated carbocycles. The molecule has 1 aromatic heterocycles. The van der Waals surface area contributed by atoms with Gasteiger partial charge in [0.15, 0.2) is 5.82 Å². The van der Waals surface area contributed by atoms with Crippen molar-refractivity contribution in [3.05, 3.63) is 47.3 Å². The van der Waals surface area contributed by atoms with Gasteiger partial charge in [-0.25, -0.2) is 9.37 Å². The lowest BCUT2D eigenvalue weighted by Crippen LogP contribution is -2.01. The third kappa shape index (κ3) is 3.37. The number of hydrogen-bond donors (Lipinski definition) is 1. The SMILES string of the molecule is Cn1nc(CCC(=O)O)nc1Cc1ccccc1F. The number of aliphatic carboxylic acids is 1. The Morgan fingerprint density at radius 1 is 1.42 bits per heavy atom. The fourth-order valence-corrected chi connectivity index (χ4v) is 1.77. The summed E-state index contributed by atoms with van der Waals surface area (Å²) in [6.07, 6.45) is 0.604. The summed E-state index contributed by atoms with van der Waals surface area (Å²) in [6.45, 7) is 0. The molecule has 19 heavy (non-hydrogen) atoms. The fourth-order valence-electron chi connectivity index (χ4n) is 1.77. The van der Waals surface area contributed by atoms with Gasteiger partial charge < -0.3 is 5.11 Å². The van der Waals surface area contributed by atoms with Gasteiger partial charge in [0.2, 0.25) is 0 Å². The molecule has 0 spiro atoms. The molecule has 1 aromatic carbocycles. The van der Waals surface area contributed by atoms with Gasteiger partial charge in [-0.3, -0.25) is 9.48 Å². The minimum Gasteiger partial charge on any atom is -0.481 e. The number of aryl methyl sites for hydroxylation is 2. The van der Waals surface area contributed by atoms with Crippen LogP contribution in [0, 0.1) is 5.82 Å². The first-order valence-corrected chi connectivity index (χ1v) is 5.90. The number of nitrogens with zero attached hydrogens (tertiary/aromatic N) is 3. The third-order valence-corrected chi connectivity index (χ3v) is 2.77.